The zero-order valence-electron chi connectivity index (χ0n) is 8.46. The molecule has 4 heteroatoms. The second kappa shape index (κ2) is 4.99. The number of rotatable bonds is 4. The van der Waals surface area contributed by atoms with Crippen molar-refractivity contribution >= 4 is 17.6 Å². The van der Waals surface area contributed by atoms with E-state index in [1.54, 1.807) is 0 Å². The van der Waals surface area contributed by atoms with Crippen LogP contribution >= 0.6 is 11.6 Å². The number of hydrogen-bond acceptors (Lipinski definition) is 2. The van der Waals surface area contributed by atoms with Crippen LogP contribution in [0.2, 0.25) is 0 Å². The molecule has 0 heterocycles. The summed E-state index contributed by atoms with van der Waals surface area (Å²) in [6.45, 7) is 2.26. The highest BCUT2D eigenvalue weighted by molar-refractivity contribution is 6.18. The van der Waals surface area contributed by atoms with Crippen LogP contribution in [0.1, 0.15) is 32.6 Å². The first kappa shape index (κ1) is 11.8. The second-order valence-corrected chi connectivity index (χ2v) is 4.26. The van der Waals surface area contributed by atoms with E-state index in [4.69, 9.17) is 16.3 Å². The Bertz CT molecular complexity index is 208. The van der Waals surface area contributed by atoms with Crippen LogP contribution in [0.25, 0.3) is 0 Å². The van der Waals surface area contributed by atoms with Crippen LogP contribution in [0.5, 0.6) is 0 Å². The lowest BCUT2D eigenvalue weighted by Gasteiger charge is -2.38. The molecule has 0 aromatic heterocycles. The number of hydrogen-bond donors (Lipinski definition) is 1. The summed E-state index contributed by atoms with van der Waals surface area (Å²) in [4.78, 5) is 11.2. The number of aliphatic carboxylic acids is 1. The molecule has 1 saturated carbocycles. The third-order valence-corrected chi connectivity index (χ3v) is 3.18. The van der Waals surface area contributed by atoms with E-state index in [2.05, 4.69) is 0 Å². The van der Waals surface area contributed by atoms with Crippen LogP contribution in [0.3, 0.4) is 0 Å². The fourth-order valence-electron chi connectivity index (χ4n) is 2.13. The average molecular weight is 221 g/mol. The van der Waals surface area contributed by atoms with E-state index in [1.165, 1.54) is 0 Å². The Balaban J connectivity index is 2.72. The van der Waals surface area contributed by atoms with Crippen LogP contribution in [0.15, 0.2) is 0 Å². The molecule has 82 valence electrons. The monoisotopic (exact) mass is 220 g/mol. The summed E-state index contributed by atoms with van der Waals surface area (Å²) in [6, 6.07) is 0. The van der Waals surface area contributed by atoms with Gasteiger partial charge in [0.25, 0.3) is 0 Å². The molecule has 0 radical (unpaired) electrons. The highest BCUT2D eigenvalue weighted by atomic mass is 35.5. The lowest BCUT2D eigenvalue weighted by Crippen LogP contribution is -2.49. The van der Waals surface area contributed by atoms with Crippen molar-refractivity contribution in [2.45, 2.75) is 38.2 Å². The summed E-state index contributed by atoms with van der Waals surface area (Å²) in [6.07, 6.45) is 3.56. The zero-order valence-corrected chi connectivity index (χ0v) is 9.22. The number of ether oxygens (including phenoxy) is 1. The Morgan fingerprint density at radius 2 is 2.36 bits per heavy atom. The summed E-state index contributed by atoms with van der Waals surface area (Å²) in [7, 11) is 0. The van der Waals surface area contributed by atoms with E-state index in [0.29, 0.717) is 18.9 Å². The maximum Gasteiger partial charge on any atom is 0.336 e. The highest BCUT2D eigenvalue weighted by Crippen LogP contribution is 2.36. The summed E-state index contributed by atoms with van der Waals surface area (Å²) in [5.41, 5.74) is -0.979. The molecule has 2 unspecified atom stereocenters. The van der Waals surface area contributed by atoms with Gasteiger partial charge in [0.1, 0.15) is 0 Å². The molecule has 1 aliphatic rings. The molecular formula is C10H17ClO3. The molecule has 14 heavy (non-hydrogen) atoms. The van der Waals surface area contributed by atoms with Gasteiger partial charge in [0.05, 0.1) is 6.61 Å². The zero-order chi connectivity index (χ0) is 10.6. The number of halogens is 1. The Morgan fingerprint density at radius 3 is 2.86 bits per heavy atom. The van der Waals surface area contributed by atoms with E-state index in [0.717, 1.165) is 19.3 Å². The minimum atomic E-state index is -0.979. The van der Waals surface area contributed by atoms with Crippen molar-refractivity contribution in [3.8, 4) is 0 Å². The van der Waals surface area contributed by atoms with Gasteiger partial charge in [0.2, 0.25) is 0 Å². The van der Waals surface area contributed by atoms with Crippen molar-refractivity contribution in [2.24, 2.45) is 5.92 Å². The largest absolute Gasteiger partial charge is 0.479 e. The molecule has 1 rings (SSSR count). The van der Waals surface area contributed by atoms with Crippen molar-refractivity contribution in [3.63, 3.8) is 0 Å². The molecule has 0 aromatic rings. The molecule has 0 saturated heterocycles. The lowest BCUT2D eigenvalue weighted by atomic mass is 9.76. The molecule has 1 aliphatic carbocycles. The highest BCUT2D eigenvalue weighted by Gasteiger charge is 2.46. The number of carboxylic acids is 1. The van der Waals surface area contributed by atoms with Crippen LogP contribution in [-0.2, 0) is 9.53 Å². The van der Waals surface area contributed by atoms with Gasteiger partial charge in [-0.25, -0.2) is 4.79 Å². The van der Waals surface area contributed by atoms with Gasteiger partial charge < -0.3 is 9.84 Å². The van der Waals surface area contributed by atoms with Gasteiger partial charge in [-0.3, -0.25) is 0 Å². The Labute approximate surface area is 89.4 Å². The van der Waals surface area contributed by atoms with E-state index >= 15 is 0 Å². The first-order valence-corrected chi connectivity index (χ1v) is 5.60. The molecule has 1 fully saturated rings. The fraction of sp³-hybridized carbons (Fsp3) is 0.900. The third-order valence-electron chi connectivity index (χ3n) is 3.03. The van der Waals surface area contributed by atoms with Crippen LogP contribution in [-0.4, -0.2) is 29.2 Å². The van der Waals surface area contributed by atoms with Crippen LogP contribution < -0.4 is 0 Å². The molecule has 2 atom stereocenters. The quantitative estimate of drug-likeness (QED) is 0.740. The van der Waals surface area contributed by atoms with E-state index in [1.807, 2.05) is 6.92 Å². The molecule has 0 spiro atoms. The van der Waals surface area contributed by atoms with Crippen LogP contribution in [0.4, 0.5) is 0 Å². The Kier molecular flexibility index (Phi) is 4.20. The average Bonchev–Trinajstić information content (AvgIpc) is 2.16. The SMILES string of the molecule is CC1CCCCC1(OCCCl)C(=O)O. The van der Waals surface area contributed by atoms with Gasteiger partial charge >= 0.3 is 5.97 Å². The predicted molar refractivity (Wildman–Crippen MR) is 54.7 cm³/mol. The molecule has 0 aliphatic heterocycles. The van der Waals surface area contributed by atoms with Crippen molar-refractivity contribution in [1.29, 1.82) is 0 Å². The molecule has 1 N–H and O–H groups in total. The van der Waals surface area contributed by atoms with Gasteiger partial charge in [-0.2, -0.15) is 0 Å². The smallest absolute Gasteiger partial charge is 0.336 e. The van der Waals surface area contributed by atoms with E-state index in [-0.39, 0.29) is 5.92 Å². The molecule has 3 nitrogen and oxygen atoms in total. The second-order valence-electron chi connectivity index (χ2n) is 3.88. The lowest BCUT2D eigenvalue weighted by molar-refractivity contribution is -0.178. The summed E-state index contributed by atoms with van der Waals surface area (Å²) < 4.78 is 5.46. The minimum Gasteiger partial charge on any atom is -0.479 e. The van der Waals surface area contributed by atoms with E-state index < -0.39 is 11.6 Å². The molecule has 0 aromatic carbocycles. The minimum absolute atomic E-state index is 0.0805. The Hall–Kier alpha value is -0.280. The van der Waals surface area contributed by atoms with Gasteiger partial charge in [-0.05, 0) is 25.2 Å². The summed E-state index contributed by atoms with van der Waals surface area (Å²) >= 11 is 5.52. The third kappa shape index (κ3) is 2.20. The van der Waals surface area contributed by atoms with Gasteiger partial charge in [-0.1, -0.05) is 13.3 Å². The topological polar surface area (TPSA) is 46.5 Å². The molecule has 0 amide bonds. The summed E-state index contributed by atoms with van der Waals surface area (Å²) in [5.74, 6) is -0.409. The number of carbonyl (C=O) groups is 1. The molecular weight excluding hydrogens is 204 g/mol. The number of carboxylic acid groups (broad SMARTS) is 1. The van der Waals surface area contributed by atoms with Gasteiger partial charge in [0.15, 0.2) is 5.60 Å². The van der Waals surface area contributed by atoms with Crippen molar-refractivity contribution in [1.82, 2.24) is 0 Å². The summed E-state index contributed by atoms with van der Waals surface area (Å²) in [5, 5.41) is 9.22. The number of alkyl halides is 1. The Morgan fingerprint density at radius 1 is 1.64 bits per heavy atom. The predicted octanol–water partition coefficient (Wildman–Crippen LogP) is 2.28. The van der Waals surface area contributed by atoms with Crippen molar-refractivity contribution in [3.05, 3.63) is 0 Å². The first-order valence-electron chi connectivity index (χ1n) is 5.07. The van der Waals surface area contributed by atoms with Crippen molar-refractivity contribution in [2.75, 3.05) is 12.5 Å². The van der Waals surface area contributed by atoms with Gasteiger partial charge in [-0.15, -0.1) is 11.6 Å². The van der Waals surface area contributed by atoms with Gasteiger partial charge in [0, 0.05) is 5.88 Å². The maximum absolute atomic E-state index is 11.2. The first-order chi connectivity index (χ1) is 6.63. The standard InChI is InChI=1S/C10H17ClO3/c1-8-4-2-3-5-10(8,9(12)13)14-7-6-11/h8H,2-7H2,1H3,(H,12,13). The van der Waals surface area contributed by atoms with Crippen LogP contribution in [0, 0.1) is 5.92 Å². The fourth-order valence-corrected chi connectivity index (χ4v) is 2.21. The molecule has 0 bridgehead atoms. The maximum atomic E-state index is 11.2. The van der Waals surface area contributed by atoms with E-state index in [9.17, 15) is 9.90 Å². The van der Waals surface area contributed by atoms with Crippen molar-refractivity contribution < 1.29 is 14.6 Å². The normalized spacial score (nSPS) is 32.9.